The number of hydrogen-bond acceptors (Lipinski definition) is 5. The first-order valence-corrected chi connectivity index (χ1v) is 10.8. The second-order valence-electron chi connectivity index (χ2n) is 8.71. The minimum absolute atomic E-state index is 0.00568. The minimum Gasteiger partial charge on any atom is -0.332 e. The fourth-order valence-corrected chi connectivity index (χ4v) is 4.68. The second kappa shape index (κ2) is 8.22. The van der Waals surface area contributed by atoms with Crippen molar-refractivity contribution in [1.29, 1.82) is 0 Å². The number of aromatic nitrogens is 4. The third-order valence-electron chi connectivity index (χ3n) is 6.20. The summed E-state index contributed by atoms with van der Waals surface area (Å²) in [4.78, 5) is 27.1. The van der Waals surface area contributed by atoms with Gasteiger partial charge in [0.2, 0.25) is 5.91 Å². The molecular formula is C22H32N6O. The summed E-state index contributed by atoms with van der Waals surface area (Å²) in [6.07, 6.45) is 6.49. The van der Waals surface area contributed by atoms with E-state index in [0.717, 1.165) is 68.2 Å². The number of rotatable bonds is 4. The molecule has 4 heterocycles. The summed E-state index contributed by atoms with van der Waals surface area (Å²) >= 11 is 0. The molecule has 0 radical (unpaired) electrons. The van der Waals surface area contributed by atoms with E-state index in [0.29, 0.717) is 6.42 Å². The average Bonchev–Trinajstić information content (AvgIpc) is 3.05. The lowest BCUT2D eigenvalue weighted by molar-refractivity contribution is -0.136. The summed E-state index contributed by atoms with van der Waals surface area (Å²) in [6.45, 7) is 8.83. The maximum atomic E-state index is 13.2. The Hall–Kier alpha value is -2.28. The van der Waals surface area contributed by atoms with Gasteiger partial charge in [-0.05, 0) is 53.1 Å². The summed E-state index contributed by atoms with van der Waals surface area (Å²) in [5, 5.41) is 4.56. The number of nitrogens with zero attached hydrogens (tertiary/aromatic N) is 6. The van der Waals surface area contributed by atoms with Gasteiger partial charge in [0.25, 0.3) is 0 Å². The molecular weight excluding hydrogens is 364 g/mol. The number of carbonyl (C=O) groups excluding carboxylic acids is 1. The number of carbonyl (C=O) groups is 1. The van der Waals surface area contributed by atoms with Crippen LogP contribution in [0, 0.1) is 13.8 Å². The number of aryl methyl sites for hydroxylation is 2. The topological polar surface area (TPSA) is 67.2 Å². The molecule has 0 aliphatic carbocycles. The molecule has 0 saturated carbocycles. The van der Waals surface area contributed by atoms with Crippen molar-refractivity contribution in [2.45, 2.75) is 71.5 Å². The number of fused-ring (bicyclic) bond motifs is 1. The van der Waals surface area contributed by atoms with Crippen LogP contribution in [0.3, 0.4) is 0 Å². The van der Waals surface area contributed by atoms with Crippen LogP contribution < -0.4 is 0 Å². The largest absolute Gasteiger partial charge is 0.332 e. The first-order valence-electron chi connectivity index (χ1n) is 10.8. The van der Waals surface area contributed by atoms with E-state index in [1.807, 2.05) is 29.6 Å². The van der Waals surface area contributed by atoms with Gasteiger partial charge in [-0.3, -0.25) is 9.48 Å². The highest BCUT2D eigenvalue weighted by Gasteiger charge is 2.31. The van der Waals surface area contributed by atoms with E-state index in [1.54, 1.807) is 0 Å². The SMILES string of the molecule is Cc1cc(C)n([C@H](C)CC(=O)N2CCCC[C@@H]2c2ncc3c(n2)CCN(C)C3)n1. The van der Waals surface area contributed by atoms with E-state index in [9.17, 15) is 4.79 Å². The number of likely N-dealkylation sites (tertiary alicyclic amines) is 1. The van der Waals surface area contributed by atoms with Gasteiger partial charge in [-0.25, -0.2) is 9.97 Å². The lowest BCUT2D eigenvalue weighted by atomic mass is 9.99. The fraction of sp³-hybridized carbons (Fsp3) is 0.636. The van der Waals surface area contributed by atoms with Crippen molar-refractivity contribution in [3.05, 3.63) is 40.7 Å². The van der Waals surface area contributed by atoms with Crippen molar-refractivity contribution in [3.63, 3.8) is 0 Å². The summed E-state index contributed by atoms with van der Waals surface area (Å²) < 4.78 is 1.97. The Bertz CT molecular complexity index is 891. The van der Waals surface area contributed by atoms with E-state index in [-0.39, 0.29) is 18.0 Å². The van der Waals surface area contributed by atoms with Gasteiger partial charge in [-0.2, -0.15) is 5.10 Å². The first kappa shape index (κ1) is 20.0. The maximum Gasteiger partial charge on any atom is 0.225 e. The molecule has 0 spiro atoms. The smallest absolute Gasteiger partial charge is 0.225 e. The van der Waals surface area contributed by atoms with Gasteiger partial charge in [0.05, 0.1) is 17.8 Å². The highest BCUT2D eigenvalue weighted by Crippen LogP contribution is 2.31. The predicted molar refractivity (Wildman–Crippen MR) is 111 cm³/mol. The third kappa shape index (κ3) is 4.20. The lowest BCUT2D eigenvalue weighted by Gasteiger charge is -2.36. The van der Waals surface area contributed by atoms with Gasteiger partial charge < -0.3 is 9.80 Å². The minimum atomic E-state index is -0.00568. The zero-order chi connectivity index (χ0) is 20.5. The summed E-state index contributed by atoms with van der Waals surface area (Å²) in [5.41, 5.74) is 4.46. The zero-order valence-corrected chi connectivity index (χ0v) is 18.1. The highest BCUT2D eigenvalue weighted by atomic mass is 16.2. The molecule has 29 heavy (non-hydrogen) atoms. The second-order valence-corrected chi connectivity index (χ2v) is 8.71. The monoisotopic (exact) mass is 396 g/mol. The number of likely N-dealkylation sites (N-methyl/N-ethyl adjacent to an activating group) is 1. The normalized spacial score (nSPS) is 21.1. The van der Waals surface area contributed by atoms with E-state index in [4.69, 9.17) is 4.98 Å². The number of hydrogen-bond donors (Lipinski definition) is 0. The molecule has 2 atom stereocenters. The first-order chi connectivity index (χ1) is 13.9. The van der Waals surface area contributed by atoms with Crippen molar-refractivity contribution in [1.82, 2.24) is 29.5 Å². The van der Waals surface area contributed by atoms with E-state index in [1.165, 1.54) is 5.56 Å². The van der Waals surface area contributed by atoms with Crippen molar-refractivity contribution < 1.29 is 4.79 Å². The predicted octanol–water partition coefficient (Wildman–Crippen LogP) is 2.98. The van der Waals surface area contributed by atoms with Crippen molar-refractivity contribution in [3.8, 4) is 0 Å². The molecule has 4 rings (SSSR count). The van der Waals surface area contributed by atoms with E-state index in [2.05, 4.69) is 35.0 Å². The Morgan fingerprint density at radius 1 is 1.28 bits per heavy atom. The lowest BCUT2D eigenvalue weighted by Crippen LogP contribution is -2.40. The number of amides is 1. The maximum absolute atomic E-state index is 13.2. The van der Waals surface area contributed by atoms with Crippen LogP contribution in [0.5, 0.6) is 0 Å². The van der Waals surface area contributed by atoms with Crippen LogP contribution in [-0.4, -0.2) is 55.6 Å². The Kier molecular flexibility index (Phi) is 5.67. The Balaban J connectivity index is 1.51. The van der Waals surface area contributed by atoms with Crippen molar-refractivity contribution in [2.24, 2.45) is 0 Å². The van der Waals surface area contributed by atoms with Gasteiger partial charge in [-0.1, -0.05) is 0 Å². The molecule has 0 unspecified atom stereocenters. The van der Waals surface area contributed by atoms with Gasteiger partial charge in [-0.15, -0.1) is 0 Å². The van der Waals surface area contributed by atoms with Crippen LogP contribution in [0.4, 0.5) is 0 Å². The Labute approximate surface area is 173 Å². The van der Waals surface area contributed by atoms with Crippen LogP contribution in [0.15, 0.2) is 12.3 Å². The number of piperidine rings is 1. The fourth-order valence-electron chi connectivity index (χ4n) is 4.68. The highest BCUT2D eigenvalue weighted by molar-refractivity contribution is 5.77. The van der Waals surface area contributed by atoms with E-state index < -0.39 is 0 Å². The molecule has 2 aromatic heterocycles. The third-order valence-corrected chi connectivity index (χ3v) is 6.20. The summed E-state index contributed by atoms with van der Waals surface area (Å²) in [5.74, 6) is 0.996. The zero-order valence-electron chi connectivity index (χ0n) is 18.1. The van der Waals surface area contributed by atoms with Gasteiger partial charge in [0, 0.05) is 55.6 Å². The molecule has 7 nitrogen and oxygen atoms in total. The molecule has 0 bridgehead atoms. The van der Waals surface area contributed by atoms with Gasteiger partial charge in [0.1, 0.15) is 0 Å². The molecule has 1 saturated heterocycles. The standard InChI is InChI=1S/C22H32N6O/c1-15-11-16(2)28(25-15)17(3)12-21(29)27-9-6-5-7-20(27)22-23-13-18-14-26(4)10-8-19(18)24-22/h11,13,17,20H,5-10,12,14H2,1-4H3/t17-,20-/m1/s1. The average molecular weight is 397 g/mol. The van der Waals surface area contributed by atoms with Crippen LogP contribution in [0.25, 0.3) is 0 Å². The Morgan fingerprint density at radius 2 is 2.10 bits per heavy atom. The van der Waals surface area contributed by atoms with Gasteiger partial charge in [0.15, 0.2) is 5.82 Å². The Morgan fingerprint density at radius 3 is 2.86 bits per heavy atom. The molecule has 7 heteroatoms. The molecule has 1 fully saturated rings. The molecule has 2 aliphatic rings. The van der Waals surface area contributed by atoms with Crippen LogP contribution >= 0.6 is 0 Å². The molecule has 2 aliphatic heterocycles. The summed E-state index contributed by atoms with van der Waals surface area (Å²) in [7, 11) is 2.13. The molecule has 1 amide bonds. The van der Waals surface area contributed by atoms with Crippen molar-refractivity contribution in [2.75, 3.05) is 20.1 Å². The van der Waals surface area contributed by atoms with Crippen LogP contribution in [0.2, 0.25) is 0 Å². The van der Waals surface area contributed by atoms with Crippen molar-refractivity contribution >= 4 is 5.91 Å². The van der Waals surface area contributed by atoms with Crippen LogP contribution in [-0.2, 0) is 17.8 Å². The molecule has 0 aromatic carbocycles. The van der Waals surface area contributed by atoms with Crippen LogP contribution in [0.1, 0.15) is 73.2 Å². The molecule has 0 N–H and O–H groups in total. The molecule has 156 valence electrons. The van der Waals surface area contributed by atoms with E-state index >= 15 is 0 Å². The molecule has 2 aromatic rings. The van der Waals surface area contributed by atoms with Gasteiger partial charge >= 0.3 is 0 Å². The summed E-state index contributed by atoms with van der Waals surface area (Å²) in [6, 6.07) is 2.09. The quantitative estimate of drug-likeness (QED) is 0.795.